The molecule has 3 heterocycles. The molecule has 8 heteroatoms. The van der Waals surface area contributed by atoms with Gasteiger partial charge >= 0.3 is 0 Å². The van der Waals surface area contributed by atoms with Gasteiger partial charge in [-0.25, -0.2) is 0 Å². The number of likely N-dealkylation sites (tertiary alicyclic amines) is 1. The lowest BCUT2D eigenvalue weighted by Crippen LogP contribution is -2.52. The maximum absolute atomic E-state index is 13.5. The second-order valence-corrected chi connectivity index (χ2v) is 9.94. The van der Waals surface area contributed by atoms with Gasteiger partial charge in [-0.3, -0.25) is 14.4 Å². The van der Waals surface area contributed by atoms with Crippen LogP contribution in [0.15, 0.2) is 24.3 Å². The number of amides is 2. The van der Waals surface area contributed by atoms with Crippen molar-refractivity contribution in [1.29, 1.82) is 0 Å². The molecule has 3 saturated heterocycles. The van der Waals surface area contributed by atoms with Crippen molar-refractivity contribution in [2.24, 2.45) is 11.8 Å². The normalized spacial score (nSPS) is 25.9. The molecule has 1 unspecified atom stereocenters. The molecule has 1 aromatic rings. The Labute approximate surface area is 201 Å². The molecule has 34 heavy (non-hydrogen) atoms. The van der Waals surface area contributed by atoms with E-state index in [1.807, 2.05) is 26.0 Å². The molecule has 0 radical (unpaired) electrons. The number of carbonyl (C=O) groups is 3. The fraction of sp³-hybridized carbons (Fsp3) is 0.577. The summed E-state index contributed by atoms with van der Waals surface area (Å²) in [5, 5.41) is 2.92. The van der Waals surface area contributed by atoms with Crippen LogP contribution in [0.4, 0.5) is 5.69 Å². The van der Waals surface area contributed by atoms with Gasteiger partial charge in [0.2, 0.25) is 5.91 Å². The first-order chi connectivity index (χ1) is 16.3. The van der Waals surface area contributed by atoms with Crippen LogP contribution >= 0.6 is 0 Å². The summed E-state index contributed by atoms with van der Waals surface area (Å²) in [5.74, 6) is 1.79. The fourth-order valence-corrected chi connectivity index (χ4v) is 5.05. The molecule has 0 saturated carbocycles. The van der Waals surface area contributed by atoms with Crippen molar-refractivity contribution in [3.05, 3.63) is 29.8 Å². The van der Waals surface area contributed by atoms with Crippen LogP contribution < -0.4 is 10.2 Å². The molecule has 0 spiro atoms. The van der Waals surface area contributed by atoms with Crippen LogP contribution in [0.1, 0.15) is 30.6 Å². The number of hydrogen-bond acceptors (Lipinski definition) is 6. The summed E-state index contributed by atoms with van der Waals surface area (Å²) in [6.45, 7) is 8.15. The number of ketones is 1. The van der Waals surface area contributed by atoms with E-state index >= 15 is 0 Å². The number of ether oxygens (including phenoxy) is 1. The van der Waals surface area contributed by atoms with E-state index in [4.69, 9.17) is 11.2 Å². The SMILES string of the molecule is C#C[C@@H]1CN(C(=O)[C@H](CC(C)C)NC(=O)c2ccc(N3CCN(C)CC3)cc2)[C@@H]2C(=O)COC12. The van der Waals surface area contributed by atoms with Crippen LogP contribution in [-0.2, 0) is 14.3 Å². The minimum Gasteiger partial charge on any atom is -0.369 e. The van der Waals surface area contributed by atoms with Gasteiger partial charge < -0.3 is 24.8 Å². The number of benzene rings is 1. The monoisotopic (exact) mass is 466 g/mol. The van der Waals surface area contributed by atoms with Crippen molar-refractivity contribution in [2.75, 3.05) is 51.3 Å². The lowest BCUT2D eigenvalue weighted by Gasteiger charge is -2.34. The van der Waals surface area contributed by atoms with Crippen molar-refractivity contribution >= 4 is 23.3 Å². The molecule has 1 N–H and O–H groups in total. The quantitative estimate of drug-likeness (QED) is 0.631. The standard InChI is InChI=1S/C26H34N4O4/c1-5-18-15-30(23-22(31)16-34-24(18)23)26(33)21(14-17(2)3)27-25(32)19-6-8-20(9-7-19)29-12-10-28(4)11-13-29/h1,6-9,17-18,21,23-24H,10-16H2,2-4H3,(H,27,32)/t18-,21+,23-,24?/m1/s1. The van der Waals surface area contributed by atoms with Gasteiger partial charge in [0.25, 0.3) is 5.91 Å². The Bertz CT molecular complexity index is 962. The summed E-state index contributed by atoms with van der Waals surface area (Å²) < 4.78 is 5.57. The van der Waals surface area contributed by atoms with Crippen molar-refractivity contribution in [3.8, 4) is 12.3 Å². The Morgan fingerprint density at radius 1 is 1.18 bits per heavy atom. The van der Waals surface area contributed by atoms with E-state index in [9.17, 15) is 14.4 Å². The Hall–Kier alpha value is -2.89. The second kappa shape index (κ2) is 10.2. The molecular weight excluding hydrogens is 432 g/mol. The highest BCUT2D eigenvalue weighted by atomic mass is 16.5. The van der Waals surface area contributed by atoms with Gasteiger partial charge in [-0.1, -0.05) is 19.8 Å². The molecule has 3 aliphatic rings. The van der Waals surface area contributed by atoms with Crippen LogP contribution in [0.2, 0.25) is 0 Å². The average molecular weight is 467 g/mol. The lowest BCUT2D eigenvalue weighted by molar-refractivity contribution is -0.138. The summed E-state index contributed by atoms with van der Waals surface area (Å²) in [6, 6.07) is 6.11. The number of fused-ring (bicyclic) bond motifs is 1. The van der Waals surface area contributed by atoms with Gasteiger partial charge in [0.1, 0.15) is 24.8 Å². The van der Waals surface area contributed by atoms with Gasteiger partial charge in [-0.15, -0.1) is 6.42 Å². The van der Waals surface area contributed by atoms with Crippen LogP contribution in [-0.4, -0.2) is 92.0 Å². The summed E-state index contributed by atoms with van der Waals surface area (Å²) in [7, 11) is 2.12. The maximum atomic E-state index is 13.5. The Balaban J connectivity index is 1.46. The van der Waals surface area contributed by atoms with E-state index < -0.39 is 18.2 Å². The van der Waals surface area contributed by atoms with E-state index in [1.165, 1.54) is 4.90 Å². The predicted molar refractivity (Wildman–Crippen MR) is 129 cm³/mol. The molecule has 2 amide bonds. The van der Waals surface area contributed by atoms with E-state index in [0.29, 0.717) is 12.0 Å². The lowest BCUT2D eigenvalue weighted by atomic mass is 10.0. The first-order valence-corrected chi connectivity index (χ1v) is 12.0. The molecule has 0 bridgehead atoms. The van der Waals surface area contributed by atoms with Crippen molar-refractivity contribution in [1.82, 2.24) is 15.1 Å². The molecular formula is C26H34N4O4. The van der Waals surface area contributed by atoms with Gasteiger partial charge in [0.15, 0.2) is 5.78 Å². The van der Waals surface area contributed by atoms with Crippen LogP contribution in [0.3, 0.4) is 0 Å². The van der Waals surface area contributed by atoms with Crippen molar-refractivity contribution in [2.45, 2.75) is 38.5 Å². The van der Waals surface area contributed by atoms with E-state index in [2.05, 4.69) is 28.1 Å². The molecule has 4 rings (SSSR count). The van der Waals surface area contributed by atoms with Gasteiger partial charge in [0.05, 0.1) is 5.92 Å². The number of Topliss-reactive ketones (excluding diaryl/α,β-unsaturated/α-hetero) is 1. The van der Waals surface area contributed by atoms with E-state index in [0.717, 1.165) is 31.9 Å². The summed E-state index contributed by atoms with van der Waals surface area (Å²) in [5.41, 5.74) is 1.59. The topological polar surface area (TPSA) is 82.2 Å². The Morgan fingerprint density at radius 3 is 2.47 bits per heavy atom. The largest absolute Gasteiger partial charge is 0.369 e. The Kier molecular flexibility index (Phi) is 7.24. The summed E-state index contributed by atoms with van der Waals surface area (Å²) in [6.07, 6.45) is 5.64. The highest BCUT2D eigenvalue weighted by Gasteiger charge is 2.52. The zero-order valence-corrected chi connectivity index (χ0v) is 20.2. The first kappa shape index (κ1) is 24.2. The van der Waals surface area contributed by atoms with Crippen molar-refractivity contribution < 1.29 is 19.1 Å². The third kappa shape index (κ3) is 4.96. The van der Waals surface area contributed by atoms with E-state index in [-0.39, 0.29) is 42.6 Å². The number of terminal acetylenes is 1. The third-order valence-corrected chi connectivity index (χ3v) is 6.99. The number of nitrogens with one attached hydrogen (secondary N) is 1. The molecule has 1 aromatic carbocycles. The number of anilines is 1. The number of likely N-dealkylation sites (N-methyl/N-ethyl adjacent to an activating group) is 1. The predicted octanol–water partition coefficient (Wildman–Crippen LogP) is 1.01. The molecule has 8 nitrogen and oxygen atoms in total. The van der Waals surface area contributed by atoms with Crippen LogP contribution in [0, 0.1) is 24.2 Å². The van der Waals surface area contributed by atoms with Crippen molar-refractivity contribution in [3.63, 3.8) is 0 Å². The van der Waals surface area contributed by atoms with Gasteiger partial charge in [0, 0.05) is 44.0 Å². The fourth-order valence-electron chi connectivity index (χ4n) is 5.05. The first-order valence-electron chi connectivity index (χ1n) is 12.0. The summed E-state index contributed by atoms with van der Waals surface area (Å²) in [4.78, 5) is 45.1. The molecule has 0 aliphatic carbocycles. The number of rotatable bonds is 6. The van der Waals surface area contributed by atoms with E-state index in [1.54, 1.807) is 12.1 Å². The zero-order valence-electron chi connectivity index (χ0n) is 20.2. The number of nitrogens with zero attached hydrogens (tertiary/aromatic N) is 3. The molecule has 182 valence electrons. The highest BCUT2D eigenvalue weighted by molar-refractivity contribution is 5.99. The van der Waals surface area contributed by atoms with Crippen LogP contribution in [0.25, 0.3) is 0 Å². The second-order valence-electron chi connectivity index (χ2n) is 9.94. The highest BCUT2D eigenvalue weighted by Crippen LogP contribution is 2.32. The van der Waals surface area contributed by atoms with Crippen LogP contribution in [0.5, 0.6) is 0 Å². The summed E-state index contributed by atoms with van der Waals surface area (Å²) >= 11 is 0. The molecule has 4 atom stereocenters. The zero-order chi connectivity index (χ0) is 24.4. The van der Waals surface area contributed by atoms with Gasteiger partial charge in [-0.05, 0) is 43.7 Å². The average Bonchev–Trinajstić information content (AvgIpc) is 3.39. The van der Waals surface area contributed by atoms with Gasteiger partial charge in [-0.2, -0.15) is 0 Å². The molecule has 0 aromatic heterocycles. The molecule has 3 aliphatic heterocycles. The number of piperazine rings is 1. The minimum absolute atomic E-state index is 0.0296. The smallest absolute Gasteiger partial charge is 0.251 e. The third-order valence-electron chi connectivity index (χ3n) is 6.99. The Morgan fingerprint density at radius 2 is 1.85 bits per heavy atom. The molecule has 3 fully saturated rings. The minimum atomic E-state index is -0.740. The number of carbonyl (C=O) groups excluding carboxylic acids is 3. The number of hydrogen-bond donors (Lipinski definition) is 1. The maximum Gasteiger partial charge on any atom is 0.251 e.